The Kier molecular flexibility index (Phi) is 7.68. The van der Waals surface area contributed by atoms with E-state index in [1.807, 2.05) is 30.5 Å². The second-order valence-corrected chi connectivity index (χ2v) is 15.7. The molecular formula is C45H38N5OPt-. The molecular weight excluding hydrogens is 822 g/mol. The number of fused-ring (bicyclic) bond motifs is 7. The molecule has 1 unspecified atom stereocenters. The summed E-state index contributed by atoms with van der Waals surface area (Å²) in [5, 5.41) is 2.23. The van der Waals surface area contributed by atoms with Gasteiger partial charge in [0.05, 0.1) is 12.3 Å². The third-order valence-corrected chi connectivity index (χ3v) is 10.4. The van der Waals surface area contributed by atoms with Gasteiger partial charge >= 0.3 is 0 Å². The van der Waals surface area contributed by atoms with Crippen molar-refractivity contribution in [2.45, 2.75) is 52.4 Å². The van der Waals surface area contributed by atoms with Gasteiger partial charge in [-0.15, -0.1) is 35.2 Å². The minimum atomic E-state index is -0.149. The van der Waals surface area contributed by atoms with Gasteiger partial charge in [-0.05, 0) is 46.0 Å². The second-order valence-electron chi connectivity index (χ2n) is 15.7. The van der Waals surface area contributed by atoms with Gasteiger partial charge in [0.1, 0.15) is 5.82 Å². The summed E-state index contributed by atoms with van der Waals surface area (Å²) in [6.45, 7) is 23.3. The number of quaternary nitrogens is 2. The number of nitrogens with zero attached hydrogens (tertiary/aromatic N) is 5. The summed E-state index contributed by atoms with van der Waals surface area (Å²) in [6, 6.07) is 45.0. The monoisotopic (exact) mass is 859 g/mol. The Balaban J connectivity index is 0.00000387. The van der Waals surface area contributed by atoms with E-state index in [0.717, 1.165) is 44.6 Å². The topological polar surface area (TPSA) is 31.4 Å². The van der Waals surface area contributed by atoms with Crippen LogP contribution in [-0.2, 0) is 31.9 Å². The Hall–Kier alpha value is -5.05. The molecule has 2 aromatic heterocycles. The Morgan fingerprint density at radius 3 is 2.19 bits per heavy atom. The van der Waals surface area contributed by atoms with Gasteiger partial charge in [-0.3, -0.25) is 0 Å². The number of benzene rings is 5. The Morgan fingerprint density at radius 1 is 0.712 bits per heavy atom. The standard InChI is InChI=1S/C45H38N5O.Pt/c1-44(2,3)30-21-22-47-43(25-30)48-39-16-9-8-15-37(39)38-20-19-35(28-40(38)48)51-36-24-31(45(4,5)6)23-34(27-36)50-29-49(50,41-17-10-11-18-42(41)50)33-14-12-13-32(26-33)46-7;/h8-26,29H,1-6H3;/q-1;/t49-,50?;/m0./s1. The maximum Gasteiger partial charge on any atom is 0.225 e. The average Bonchev–Trinajstić information content (AvgIpc) is 3.61. The largest absolute Gasteiger partial charge is 0.509 e. The van der Waals surface area contributed by atoms with E-state index in [-0.39, 0.29) is 31.9 Å². The molecule has 9 rings (SSSR count). The third-order valence-electron chi connectivity index (χ3n) is 10.4. The molecule has 6 nitrogen and oxygen atoms in total. The van der Waals surface area contributed by atoms with Crippen LogP contribution in [0.15, 0.2) is 115 Å². The predicted octanol–water partition coefficient (Wildman–Crippen LogP) is 12.1. The van der Waals surface area contributed by atoms with Crippen LogP contribution in [0.1, 0.15) is 52.7 Å². The molecule has 0 amide bonds. The zero-order chi connectivity index (χ0) is 35.3. The van der Waals surface area contributed by atoms with Crippen LogP contribution in [0.5, 0.6) is 11.5 Å². The van der Waals surface area contributed by atoms with Gasteiger partial charge in [0, 0.05) is 62.5 Å². The van der Waals surface area contributed by atoms with Gasteiger partial charge in [-0.2, -0.15) is 10.7 Å². The second kappa shape index (κ2) is 11.7. The first kappa shape index (κ1) is 34.1. The van der Waals surface area contributed by atoms with Crippen LogP contribution in [-0.4, -0.2) is 9.55 Å². The summed E-state index contributed by atoms with van der Waals surface area (Å²) < 4.78 is 9.93. The molecule has 2 aliphatic heterocycles. The van der Waals surface area contributed by atoms with E-state index in [1.54, 1.807) is 0 Å². The average molecular weight is 860 g/mol. The number of hydrogen-bond acceptors (Lipinski definition) is 2. The summed E-state index contributed by atoms with van der Waals surface area (Å²) in [6.07, 6.45) is 1.90. The van der Waals surface area contributed by atoms with Crippen molar-refractivity contribution in [3.63, 3.8) is 0 Å². The molecule has 0 spiro atoms. The molecule has 7 heteroatoms. The molecule has 7 aromatic rings. The predicted molar refractivity (Wildman–Crippen MR) is 207 cm³/mol. The van der Waals surface area contributed by atoms with E-state index >= 15 is 0 Å². The van der Waals surface area contributed by atoms with E-state index in [9.17, 15) is 0 Å². The molecule has 0 saturated carbocycles. The van der Waals surface area contributed by atoms with E-state index in [4.69, 9.17) is 16.3 Å². The van der Waals surface area contributed by atoms with Crippen LogP contribution in [0, 0.1) is 25.4 Å². The molecule has 0 bridgehead atoms. The van der Waals surface area contributed by atoms with Crippen molar-refractivity contribution in [2.24, 2.45) is 0 Å². The van der Waals surface area contributed by atoms with Crippen molar-refractivity contribution in [1.82, 2.24) is 18.7 Å². The van der Waals surface area contributed by atoms with Crippen LogP contribution in [0.3, 0.4) is 0 Å². The van der Waals surface area contributed by atoms with E-state index in [0.29, 0.717) is 26.4 Å². The van der Waals surface area contributed by atoms with E-state index in [2.05, 4.69) is 155 Å². The fourth-order valence-electron chi connectivity index (χ4n) is 7.70. The quantitative estimate of drug-likeness (QED) is 0.0981. The Morgan fingerprint density at radius 2 is 1.44 bits per heavy atom. The zero-order valence-corrected chi connectivity index (χ0v) is 32.3. The van der Waals surface area contributed by atoms with Gasteiger partial charge in [0.2, 0.25) is 11.4 Å². The summed E-state index contributed by atoms with van der Waals surface area (Å²) in [7, 11) is 0. The van der Waals surface area contributed by atoms with Gasteiger partial charge in [-0.1, -0.05) is 95.6 Å². The number of pyridine rings is 1. The summed E-state index contributed by atoms with van der Waals surface area (Å²) in [5.74, 6) is 2.09. The Bertz CT molecular complexity index is 2600. The molecule has 0 radical (unpaired) electrons. The third kappa shape index (κ3) is 4.91. The normalized spacial score (nSPS) is 18.9. The van der Waals surface area contributed by atoms with Crippen molar-refractivity contribution in [1.29, 1.82) is 0 Å². The first-order valence-corrected chi connectivity index (χ1v) is 17.4. The molecule has 1 fully saturated rings. The molecule has 2 atom stereocenters. The maximum atomic E-state index is 7.67. The number of aromatic nitrogens is 2. The molecule has 52 heavy (non-hydrogen) atoms. The molecule has 260 valence electrons. The van der Waals surface area contributed by atoms with Gasteiger partial charge in [0.25, 0.3) is 0 Å². The van der Waals surface area contributed by atoms with Crippen molar-refractivity contribution in [2.75, 3.05) is 0 Å². The summed E-state index contributed by atoms with van der Waals surface area (Å²) in [5.41, 5.74) is 9.24. The summed E-state index contributed by atoms with van der Waals surface area (Å²) in [4.78, 5) is 8.58. The van der Waals surface area contributed by atoms with Crippen molar-refractivity contribution < 1.29 is 25.8 Å². The first-order chi connectivity index (χ1) is 24.4. The Labute approximate surface area is 319 Å². The van der Waals surface area contributed by atoms with Crippen molar-refractivity contribution in [3.8, 4) is 17.3 Å². The number of para-hydroxylation sites is 3. The van der Waals surface area contributed by atoms with Crippen molar-refractivity contribution in [3.05, 3.63) is 157 Å². The minimum Gasteiger partial charge on any atom is -0.509 e. The van der Waals surface area contributed by atoms with Crippen molar-refractivity contribution >= 4 is 50.2 Å². The van der Waals surface area contributed by atoms with E-state index < -0.39 is 0 Å². The minimum absolute atomic E-state index is 0. The number of hydrogen-bond donors (Lipinski definition) is 0. The van der Waals surface area contributed by atoms with Crippen LogP contribution in [0.2, 0.25) is 0 Å². The van der Waals surface area contributed by atoms with Crippen LogP contribution >= 0.6 is 0 Å². The zero-order valence-electron chi connectivity index (χ0n) is 30.0. The molecule has 1 saturated heterocycles. The van der Waals surface area contributed by atoms with Crippen LogP contribution in [0.25, 0.3) is 32.5 Å². The molecule has 4 heterocycles. The number of rotatable bonds is 5. The smallest absolute Gasteiger partial charge is 0.225 e. The van der Waals surface area contributed by atoms with Gasteiger partial charge in [-0.25, -0.2) is 14.4 Å². The SMILES string of the molecule is [C-]#[N+]c1cccc([N@+]23[CH-][N+]2(c2[c-]c(Oc4[c-]c5c(cc4)c4ccccc4n5-c4cc(C(C)(C)C)ccn4)cc(C(C)(C)C)c2)c2ccccc23)c1.[Pt]. The molecule has 2 aliphatic rings. The maximum absolute atomic E-state index is 7.67. The first-order valence-electron chi connectivity index (χ1n) is 17.4. The van der Waals surface area contributed by atoms with Crippen LogP contribution < -0.4 is 13.9 Å². The molecule has 0 N–H and O–H groups in total. The molecule has 0 aliphatic carbocycles. The van der Waals surface area contributed by atoms with E-state index in [1.165, 1.54) is 16.9 Å². The number of ether oxygens (including phenoxy) is 1. The van der Waals surface area contributed by atoms with Crippen LogP contribution in [0.4, 0.5) is 28.4 Å². The van der Waals surface area contributed by atoms with Gasteiger partial charge < -0.3 is 9.30 Å². The summed E-state index contributed by atoms with van der Waals surface area (Å²) >= 11 is 0. The fraction of sp³-hybridized carbons (Fsp3) is 0.178. The van der Waals surface area contributed by atoms with Gasteiger partial charge in [0.15, 0.2) is 18.0 Å². The molecule has 5 aromatic carbocycles. The fourth-order valence-corrected chi connectivity index (χ4v) is 7.70.